The van der Waals surface area contributed by atoms with Gasteiger partial charge in [-0.3, -0.25) is 0 Å². The average molecular weight is 606 g/mol. The standard InChI is InChI=1S/C39H59NO4/c1-12-17-37(43-11)27-31(5)23-22-30(4)26-35(9)39(41)44-38(34(8)25-24-32(6)28-40)33(7)19-14-15-20-36(42-10)21-16-18-29(3)13-2/h12-15,18-20,22-27,30,33,36-38H,1-2,16-17,21,28,40H2,3-11H3/b19-14+,20-15+,23-22+,29-18-,31-27+,32-24+,34-25+,35-26+/t30-,33+,36-,37+,38+/m1/s1. The molecule has 0 unspecified atom stereocenters. The minimum atomic E-state index is -0.436. The highest BCUT2D eigenvalue weighted by Gasteiger charge is 2.22. The van der Waals surface area contributed by atoms with Gasteiger partial charge in [0, 0.05) is 32.3 Å². The van der Waals surface area contributed by atoms with Crippen molar-refractivity contribution in [2.24, 2.45) is 17.6 Å². The summed E-state index contributed by atoms with van der Waals surface area (Å²) in [5.74, 6) is -0.352. The molecule has 0 aromatic rings. The summed E-state index contributed by atoms with van der Waals surface area (Å²) in [5, 5.41) is 0. The molecule has 44 heavy (non-hydrogen) atoms. The fourth-order valence-corrected chi connectivity index (χ4v) is 4.21. The van der Waals surface area contributed by atoms with Crippen LogP contribution in [-0.2, 0) is 19.0 Å². The molecule has 0 radical (unpaired) electrons. The molecule has 5 atom stereocenters. The minimum Gasteiger partial charge on any atom is -0.454 e. The second-order valence-corrected chi connectivity index (χ2v) is 11.4. The van der Waals surface area contributed by atoms with Gasteiger partial charge in [0.15, 0.2) is 0 Å². The van der Waals surface area contributed by atoms with Crippen molar-refractivity contribution in [3.8, 4) is 0 Å². The van der Waals surface area contributed by atoms with E-state index < -0.39 is 6.10 Å². The summed E-state index contributed by atoms with van der Waals surface area (Å²) in [6.07, 6.45) is 28.1. The third kappa shape index (κ3) is 18.4. The largest absolute Gasteiger partial charge is 0.454 e. The van der Waals surface area contributed by atoms with Gasteiger partial charge in [0.05, 0.1) is 12.2 Å². The lowest BCUT2D eigenvalue weighted by molar-refractivity contribution is -0.143. The maximum Gasteiger partial charge on any atom is 0.334 e. The van der Waals surface area contributed by atoms with E-state index >= 15 is 0 Å². The van der Waals surface area contributed by atoms with Crippen LogP contribution in [0.1, 0.15) is 67.7 Å². The number of hydrogen-bond acceptors (Lipinski definition) is 5. The number of methoxy groups -OCH3 is 2. The molecule has 2 N–H and O–H groups in total. The molecule has 244 valence electrons. The van der Waals surface area contributed by atoms with Crippen LogP contribution < -0.4 is 5.73 Å². The quantitative estimate of drug-likeness (QED) is 0.0612. The van der Waals surface area contributed by atoms with Gasteiger partial charge in [0.2, 0.25) is 0 Å². The monoisotopic (exact) mass is 605 g/mol. The van der Waals surface area contributed by atoms with Gasteiger partial charge in [-0.1, -0.05) is 116 Å². The van der Waals surface area contributed by atoms with E-state index in [0.29, 0.717) is 12.1 Å². The van der Waals surface area contributed by atoms with Gasteiger partial charge in [-0.25, -0.2) is 4.79 Å². The summed E-state index contributed by atoms with van der Waals surface area (Å²) < 4.78 is 17.2. The second-order valence-electron chi connectivity index (χ2n) is 11.4. The Morgan fingerprint density at radius 2 is 1.52 bits per heavy atom. The summed E-state index contributed by atoms with van der Waals surface area (Å²) >= 11 is 0. The first-order valence-corrected chi connectivity index (χ1v) is 15.5. The lowest BCUT2D eigenvalue weighted by Crippen LogP contribution is -2.26. The van der Waals surface area contributed by atoms with E-state index in [2.05, 4.69) is 44.4 Å². The number of carbonyl (C=O) groups excluding carboxylic acids is 1. The SMILES string of the molecule is C=CC[C@@H](/C=C(C)/C=C/[C@@H](C)/C=C(\C)C(=O)O[C@H](/C(C)=C/C=C(\C)CN)[C@@H](C)/C=C/C=C/[C@H](CC/C=C(/C)C=C)OC)OC. The molecule has 0 amide bonds. The fourth-order valence-electron chi connectivity index (χ4n) is 4.21. The van der Waals surface area contributed by atoms with Gasteiger partial charge < -0.3 is 19.9 Å². The number of esters is 1. The fraction of sp³-hybridized carbons (Fsp3) is 0.462. The molecule has 0 aromatic carbocycles. The Kier molecular flexibility index (Phi) is 22.3. The average Bonchev–Trinajstić information content (AvgIpc) is 3.01. The maximum atomic E-state index is 13.2. The van der Waals surface area contributed by atoms with Gasteiger partial charge in [0.1, 0.15) is 6.10 Å². The summed E-state index contributed by atoms with van der Waals surface area (Å²) in [6.45, 7) is 22.0. The van der Waals surface area contributed by atoms with Gasteiger partial charge in [-0.2, -0.15) is 0 Å². The van der Waals surface area contributed by atoms with Crippen LogP contribution in [0.3, 0.4) is 0 Å². The molecule has 0 aliphatic heterocycles. The lowest BCUT2D eigenvalue weighted by Gasteiger charge is -2.23. The van der Waals surface area contributed by atoms with Gasteiger partial charge in [-0.15, -0.1) is 6.58 Å². The molecule has 0 spiro atoms. The highest BCUT2D eigenvalue weighted by molar-refractivity contribution is 5.88. The van der Waals surface area contributed by atoms with Crippen LogP contribution in [0.5, 0.6) is 0 Å². The molecule has 0 heterocycles. The Bertz CT molecular complexity index is 1130. The zero-order valence-electron chi connectivity index (χ0n) is 28.8. The van der Waals surface area contributed by atoms with E-state index in [1.807, 2.05) is 89.3 Å². The van der Waals surface area contributed by atoms with Crippen molar-refractivity contribution >= 4 is 5.97 Å². The van der Waals surface area contributed by atoms with Crippen molar-refractivity contribution in [3.05, 3.63) is 120 Å². The summed E-state index contributed by atoms with van der Waals surface area (Å²) in [5.41, 5.74) is 10.6. The number of rotatable bonds is 21. The smallest absolute Gasteiger partial charge is 0.334 e. The molecule has 5 heteroatoms. The number of carbonyl (C=O) groups is 1. The third-order valence-corrected chi connectivity index (χ3v) is 7.15. The van der Waals surface area contributed by atoms with Crippen LogP contribution >= 0.6 is 0 Å². The zero-order chi connectivity index (χ0) is 33.5. The third-order valence-electron chi connectivity index (χ3n) is 7.15. The molecule has 0 fully saturated rings. The number of nitrogens with two attached hydrogens (primary N) is 1. The molecule has 0 bridgehead atoms. The number of hydrogen-bond donors (Lipinski definition) is 1. The first-order chi connectivity index (χ1) is 20.9. The van der Waals surface area contributed by atoms with Crippen molar-refractivity contribution in [2.45, 2.75) is 86.0 Å². The number of ether oxygens (including phenoxy) is 3. The molecule has 0 saturated carbocycles. The van der Waals surface area contributed by atoms with E-state index in [1.54, 1.807) is 21.1 Å². The first kappa shape index (κ1) is 40.8. The van der Waals surface area contributed by atoms with E-state index in [1.165, 1.54) is 0 Å². The van der Waals surface area contributed by atoms with E-state index in [0.717, 1.165) is 41.6 Å². The molecule has 5 nitrogen and oxygen atoms in total. The zero-order valence-corrected chi connectivity index (χ0v) is 28.8. The molecule has 0 aliphatic rings. The Morgan fingerprint density at radius 1 is 0.864 bits per heavy atom. The Hall–Kier alpha value is -3.25. The molecular weight excluding hydrogens is 546 g/mol. The van der Waals surface area contributed by atoms with Crippen LogP contribution in [0.15, 0.2) is 120 Å². The lowest BCUT2D eigenvalue weighted by atomic mass is 9.96. The Labute approximate surface area is 269 Å². The van der Waals surface area contributed by atoms with Crippen molar-refractivity contribution in [1.82, 2.24) is 0 Å². The molecule has 0 rings (SSSR count). The van der Waals surface area contributed by atoms with E-state index in [4.69, 9.17) is 19.9 Å². The highest BCUT2D eigenvalue weighted by Crippen LogP contribution is 2.21. The van der Waals surface area contributed by atoms with Crippen LogP contribution in [0.25, 0.3) is 0 Å². The van der Waals surface area contributed by atoms with Crippen molar-refractivity contribution in [2.75, 3.05) is 20.8 Å². The summed E-state index contributed by atoms with van der Waals surface area (Å²) in [7, 11) is 3.41. The van der Waals surface area contributed by atoms with Crippen LogP contribution in [0.4, 0.5) is 0 Å². The highest BCUT2D eigenvalue weighted by atomic mass is 16.5. The van der Waals surface area contributed by atoms with Crippen LogP contribution in [0, 0.1) is 11.8 Å². The van der Waals surface area contributed by atoms with E-state index in [-0.39, 0.29) is 30.0 Å². The predicted octanol–water partition coefficient (Wildman–Crippen LogP) is 9.10. The van der Waals surface area contributed by atoms with Crippen molar-refractivity contribution in [3.63, 3.8) is 0 Å². The van der Waals surface area contributed by atoms with E-state index in [9.17, 15) is 4.79 Å². The Morgan fingerprint density at radius 3 is 2.11 bits per heavy atom. The molecular formula is C39H59NO4. The summed E-state index contributed by atoms with van der Waals surface area (Å²) in [6, 6.07) is 0. The normalized spacial score (nSPS) is 17.6. The van der Waals surface area contributed by atoms with Gasteiger partial charge in [0.25, 0.3) is 0 Å². The van der Waals surface area contributed by atoms with Crippen molar-refractivity contribution in [1.29, 1.82) is 0 Å². The Balaban J connectivity index is 5.74. The predicted molar refractivity (Wildman–Crippen MR) is 189 cm³/mol. The number of allylic oxidation sites excluding steroid dienone is 11. The topological polar surface area (TPSA) is 70.8 Å². The molecule has 0 saturated heterocycles. The van der Waals surface area contributed by atoms with Gasteiger partial charge >= 0.3 is 5.97 Å². The first-order valence-electron chi connectivity index (χ1n) is 15.5. The van der Waals surface area contributed by atoms with Crippen molar-refractivity contribution < 1.29 is 19.0 Å². The molecule has 0 aliphatic carbocycles. The second kappa shape index (κ2) is 24.1. The van der Waals surface area contributed by atoms with Crippen LogP contribution in [-0.4, -0.2) is 45.0 Å². The minimum absolute atomic E-state index is 0.00138. The van der Waals surface area contributed by atoms with Crippen LogP contribution in [0.2, 0.25) is 0 Å². The van der Waals surface area contributed by atoms with Gasteiger partial charge in [-0.05, 0) is 65.4 Å². The summed E-state index contributed by atoms with van der Waals surface area (Å²) in [4.78, 5) is 13.2. The maximum absolute atomic E-state index is 13.2. The molecule has 0 aromatic heterocycles.